The first-order valence-corrected chi connectivity index (χ1v) is 6.97. The Balaban J connectivity index is 1.78. The molecule has 5 nitrogen and oxygen atoms in total. The Morgan fingerprint density at radius 1 is 1.24 bits per heavy atom. The number of hydrogen-bond acceptors (Lipinski definition) is 5. The molecule has 0 saturated carbocycles. The number of fused-ring (bicyclic) bond motifs is 1. The lowest BCUT2D eigenvalue weighted by molar-refractivity contribution is -0.0173. The normalized spacial score (nSPS) is 14.0. The summed E-state index contributed by atoms with van der Waals surface area (Å²) in [4.78, 5) is 2.21. The summed E-state index contributed by atoms with van der Waals surface area (Å²) in [6, 6.07) is 5.89. The summed E-state index contributed by atoms with van der Waals surface area (Å²) in [6.45, 7) is 4.42. The Hall–Kier alpha value is -1.98. The maximum Gasteiger partial charge on any atom is 0.189 e. The van der Waals surface area contributed by atoms with Crippen molar-refractivity contribution in [2.24, 2.45) is 0 Å². The summed E-state index contributed by atoms with van der Waals surface area (Å²) in [5, 5.41) is 0. The number of anilines is 1. The van der Waals surface area contributed by atoms with E-state index in [0.717, 1.165) is 41.4 Å². The number of nitrogens with two attached hydrogens (primary N) is 1. The fraction of sp³-hybridized carbons (Fsp3) is 0.375. The van der Waals surface area contributed by atoms with Crippen LogP contribution in [0.25, 0.3) is 0 Å². The molecule has 2 N–H and O–H groups in total. The quantitative estimate of drug-likeness (QED) is 0.876. The molecule has 112 valence electrons. The molecule has 1 aromatic heterocycles. The highest BCUT2D eigenvalue weighted by atomic mass is 16.7. The third kappa shape index (κ3) is 3.04. The van der Waals surface area contributed by atoms with Gasteiger partial charge in [-0.15, -0.1) is 0 Å². The average Bonchev–Trinajstić information content (AvgIpc) is 2.84. The van der Waals surface area contributed by atoms with Crippen molar-refractivity contribution >= 4 is 5.69 Å². The number of nitrogen functional groups attached to an aromatic ring is 1. The van der Waals surface area contributed by atoms with Gasteiger partial charge >= 0.3 is 0 Å². The van der Waals surface area contributed by atoms with Crippen LogP contribution in [0.15, 0.2) is 28.9 Å². The average molecular weight is 288 g/mol. The Labute approximate surface area is 124 Å². The topological polar surface area (TPSA) is 60.9 Å². The molecule has 0 atom stereocenters. The number of benzene rings is 1. The van der Waals surface area contributed by atoms with Crippen LogP contribution in [-0.4, -0.2) is 18.7 Å². The molecule has 0 radical (unpaired) electrons. The lowest BCUT2D eigenvalue weighted by Crippen LogP contribution is -2.20. The van der Waals surface area contributed by atoms with Crippen LogP contribution in [0.3, 0.4) is 0 Å². The number of rotatable bonds is 4. The van der Waals surface area contributed by atoms with E-state index < -0.39 is 0 Å². The lowest BCUT2D eigenvalue weighted by atomic mass is 10.1. The van der Waals surface area contributed by atoms with Crippen molar-refractivity contribution in [2.75, 3.05) is 19.6 Å². The first-order chi connectivity index (χ1) is 10.1. The minimum absolute atomic E-state index is 0.300. The summed E-state index contributed by atoms with van der Waals surface area (Å²) < 4.78 is 16.3. The molecule has 21 heavy (non-hydrogen) atoms. The number of ether oxygens (including phenoxy) is 2. The van der Waals surface area contributed by atoms with Crippen LogP contribution in [0, 0.1) is 6.92 Å². The summed E-state index contributed by atoms with van der Waals surface area (Å²) >= 11 is 0. The third-order valence-corrected chi connectivity index (χ3v) is 3.66. The second-order valence-electron chi connectivity index (χ2n) is 5.45. The molecule has 0 spiro atoms. The molecule has 5 heteroatoms. The molecular formula is C16H20N2O3. The Morgan fingerprint density at radius 2 is 2.05 bits per heavy atom. The van der Waals surface area contributed by atoms with E-state index in [4.69, 9.17) is 19.6 Å². The largest absolute Gasteiger partial charge is 0.469 e. The van der Waals surface area contributed by atoms with Crippen molar-refractivity contribution in [3.8, 4) is 5.75 Å². The van der Waals surface area contributed by atoms with Crippen LogP contribution in [0.4, 0.5) is 5.69 Å². The van der Waals surface area contributed by atoms with E-state index in [1.165, 1.54) is 5.56 Å². The fourth-order valence-electron chi connectivity index (χ4n) is 2.66. The van der Waals surface area contributed by atoms with Gasteiger partial charge in [-0.3, -0.25) is 4.90 Å². The monoisotopic (exact) mass is 288 g/mol. The van der Waals surface area contributed by atoms with Crippen LogP contribution in [0.5, 0.6) is 5.75 Å². The predicted octanol–water partition coefficient (Wildman–Crippen LogP) is 2.67. The zero-order valence-corrected chi connectivity index (χ0v) is 12.4. The van der Waals surface area contributed by atoms with Gasteiger partial charge < -0.3 is 19.6 Å². The summed E-state index contributed by atoms with van der Waals surface area (Å²) in [7, 11) is 2.07. The van der Waals surface area contributed by atoms with Crippen molar-refractivity contribution in [1.82, 2.24) is 4.90 Å². The highest BCUT2D eigenvalue weighted by molar-refractivity contribution is 5.53. The zero-order chi connectivity index (χ0) is 14.8. The second kappa shape index (κ2) is 5.79. The molecule has 0 aliphatic carbocycles. The standard InChI is InChI=1S/C16H20N2O3/c1-11-12(3-4-20-11)7-18(2)8-13-5-15(17)6-14-9-19-10-21-16(13)14/h3-6H,7-10,17H2,1-2H3. The molecule has 2 heterocycles. The van der Waals surface area contributed by atoms with Crippen molar-refractivity contribution in [2.45, 2.75) is 26.6 Å². The molecule has 0 saturated heterocycles. The van der Waals surface area contributed by atoms with Crippen molar-refractivity contribution in [3.05, 3.63) is 46.9 Å². The number of hydrogen-bond donors (Lipinski definition) is 1. The molecule has 0 amide bonds. The number of aryl methyl sites for hydroxylation is 1. The second-order valence-corrected chi connectivity index (χ2v) is 5.45. The molecule has 0 unspecified atom stereocenters. The van der Waals surface area contributed by atoms with Crippen molar-refractivity contribution in [3.63, 3.8) is 0 Å². The molecule has 2 aromatic rings. The Morgan fingerprint density at radius 3 is 2.81 bits per heavy atom. The first-order valence-electron chi connectivity index (χ1n) is 6.97. The minimum Gasteiger partial charge on any atom is -0.469 e. The maximum absolute atomic E-state index is 5.97. The van der Waals surface area contributed by atoms with Gasteiger partial charge in [0.1, 0.15) is 11.5 Å². The van der Waals surface area contributed by atoms with Gasteiger partial charge in [0.15, 0.2) is 6.79 Å². The minimum atomic E-state index is 0.300. The van der Waals surface area contributed by atoms with Crippen LogP contribution in [0.1, 0.15) is 22.5 Å². The maximum atomic E-state index is 5.97. The third-order valence-electron chi connectivity index (χ3n) is 3.66. The molecule has 0 fully saturated rings. The van der Waals surface area contributed by atoms with Gasteiger partial charge in [0, 0.05) is 35.5 Å². The van der Waals surface area contributed by atoms with Gasteiger partial charge in [-0.1, -0.05) is 0 Å². The van der Waals surface area contributed by atoms with Gasteiger partial charge in [-0.2, -0.15) is 0 Å². The van der Waals surface area contributed by atoms with E-state index in [0.29, 0.717) is 13.4 Å². The summed E-state index contributed by atoms with van der Waals surface area (Å²) in [5.41, 5.74) is 10.0. The van der Waals surface area contributed by atoms with Gasteiger partial charge in [-0.05, 0) is 32.2 Å². The van der Waals surface area contributed by atoms with Crippen LogP contribution in [-0.2, 0) is 24.4 Å². The van der Waals surface area contributed by atoms with Gasteiger partial charge in [0.25, 0.3) is 0 Å². The smallest absolute Gasteiger partial charge is 0.189 e. The summed E-state index contributed by atoms with van der Waals surface area (Å²) in [6.07, 6.45) is 1.72. The first kappa shape index (κ1) is 14.0. The van der Waals surface area contributed by atoms with E-state index in [9.17, 15) is 0 Å². The predicted molar refractivity (Wildman–Crippen MR) is 79.8 cm³/mol. The molecule has 3 rings (SSSR count). The Kier molecular flexibility index (Phi) is 3.86. The van der Waals surface area contributed by atoms with E-state index in [1.807, 2.05) is 25.1 Å². The molecule has 1 aliphatic rings. The van der Waals surface area contributed by atoms with Gasteiger partial charge in [0.2, 0.25) is 0 Å². The SMILES string of the molecule is Cc1occc1CN(C)Cc1cc(N)cc2c1OCOC2. The Bertz CT molecular complexity index is 636. The van der Waals surface area contributed by atoms with Crippen molar-refractivity contribution < 1.29 is 13.9 Å². The number of furan rings is 1. The van der Waals surface area contributed by atoms with Gasteiger partial charge in [-0.25, -0.2) is 0 Å². The van der Waals surface area contributed by atoms with Gasteiger partial charge in [0.05, 0.1) is 12.9 Å². The van der Waals surface area contributed by atoms with Crippen molar-refractivity contribution in [1.29, 1.82) is 0 Å². The van der Waals surface area contributed by atoms with E-state index in [-0.39, 0.29) is 0 Å². The molecular weight excluding hydrogens is 268 g/mol. The highest BCUT2D eigenvalue weighted by Crippen LogP contribution is 2.31. The zero-order valence-electron chi connectivity index (χ0n) is 12.4. The van der Waals surface area contributed by atoms with Crippen LogP contribution < -0.4 is 10.5 Å². The highest BCUT2D eigenvalue weighted by Gasteiger charge is 2.17. The van der Waals surface area contributed by atoms with E-state index in [2.05, 4.69) is 11.9 Å². The summed E-state index contributed by atoms with van der Waals surface area (Å²) in [5.74, 6) is 1.87. The fourth-order valence-corrected chi connectivity index (χ4v) is 2.66. The van der Waals surface area contributed by atoms with Crippen LogP contribution in [0.2, 0.25) is 0 Å². The molecule has 0 bridgehead atoms. The van der Waals surface area contributed by atoms with Crippen LogP contribution >= 0.6 is 0 Å². The van der Waals surface area contributed by atoms with E-state index >= 15 is 0 Å². The van der Waals surface area contributed by atoms with E-state index in [1.54, 1.807) is 6.26 Å². The molecule has 1 aromatic carbocycles. The number of nitrogens with zero attached hydrogens (tertiary/aromatic N) is 1. The molecule has 1 aliphatic heterocycles. The lowest BCUT2D eigenvalue weighted by Gasteiger charge is -2.24.